The lowest BCUT2D eigenvalue weighted by molar-refractivity contribution is -0.142. The molecule has 0 radical (unpaired) electrons. The number of nitrogens with zero attached hydrogens (tertiary/aromatic N) is 3. The van der Waals surface area contributed by atoms with Gasteiger partial charge in [0.1, 0.15) is 17.6 Å². The topological polar surface area (TPSA) is 75.9 Å². The molecule has 26 heavy (non-hydrogen) atoms. The van der Waals surface area contributed by atoms with Crippen molar-refractivity contribution < 1.29 is 18.8 Å². The van der Waals surface area contributed by atoms with Crippen molar-refractivity contribution in [3.05, 3.63) is 30.2 Å². The van der Waals surface area contributed by atoms with Crippen molar-refractivity contribution in [2.45, 2.75) is 38.5 Å². The first-order valence-electron chi connectivity index (χ1n) is 9.21. The number of hydrogen-bond donors (Lipinski definition) is 0. The molecule has 2 unspecified atom stereocenters. The first kappa shape index (κ1) is 17.3. The van der Waals surface area contributed by atoms with Crippen molar-refractivity contribution in [3.8, 4) is 0 Å². The van der Waals surface area contributed by atoms with Crippen LogP contribution in [0.25, 0.3) is 0 Å². The number of aromatic nitrogens is 1. The van der Waals surface area contributed by atoms with Gasteiger partial charge in [-0.3, -0.25) is 9.59 Å². The van der Waals surface area contributed by atoms with Gasteiger partial charge in [0.15, 0.2) is 0 Å². The minimum Gasteiger partial charge on any atom is -0.364 e. The zero-order chi connectivity index (χ0) is 18.5. The zero-order valence-electron chi connectivity index (χ0n) is 15.4. The van der Waals surface area contributed by atoms with Crippen molar-refractivity contribution in [2.75, 3.05) is 20.1 Å². The van der Waals surface area contributed by atoms with Crippen molar-refractivity contribution in [2.24, 2.45) is 17.8 Å². The van der Waals surface area contributed by atoms with Crippen LogP contribution in [0, 0.1) is 17.8 Å². The number of fused-ring (bicyclic) bond motifs is 1. The number of likely N-dealkylation sites (tertiary alicyclic amines) is 1. The molecular weight excluding hydrogens is 334 g/mol. The van der Waals surface area contributed by atoms with Crippen molar-refractivity contribution >= 4 is 11.8 Å². The lowest BCUT2D eigenvalue weighted by atomic mass is 9.76. The van der Waals surface area contributed by atoms with Crippen LogP contribution in [0.15, 0.2) is 29.0 Å². The molecule has 3 aliphatic heterocycles. The van der Waals surface area contributed by atoms with E-state index in [1.54, 1.807) is 18.0 Å². The summed E-state index contributed by atoms with van der Waals surface area (Å²) in [5.41, 5.74) is 0.0554. The Bertz CT molecular complexity index is 729. The molecule has 0 N–H and O–H groups in total. The average molecular weight is 359 g/mol. The third-order valence-corrected chi connectivity index (χ3v) is 5.71. The van der Waals surface area contributed by atoms with Crippen LogP contribution < -0.4 is 0 Å². The Hall–Kier alpha value is -2.15. The van der Waals surface area contributed by atoms with E-state index in [1.165, 1.54) is 6.26 Å². The lowest BCUT2D eigenvalue weighted by Gasteiger charge is -2.27. The largest absolute Gasteiger partial charge is 0.364 e. The molecule has 0 aliphatic carbocycles. The van der Waals surface area contributed by atoms with Crippen LogP contribution in [0.5, 0.6) is 0 Å². The van der Waals surface area contributed by atoms with E-state index in [0.29, 0.717) is 31.2 Å². The van der Waals surface area contributed by atoms with E-state index in [2.05, 4.69) is 19.0 Å². The summed E-state index contributed by atoms with van der Waals surface area (Å²) in [6, 6.07) is 1.73. The number of rotatable bonds is 6. The minimum absolute atomic E-state index is 0.0469. The van der Waals surface area contributed by atoms with Crippen LogP contribution in [-0.2, 0) is 20.9 Å². The van der Waals surface area contributed by atoms with E-state index < -0.39 is 17.4 Å². The SMILES string of the molecule is CC(C)CCN1C[C@@]23C=C[C@@H](O2)C(C(=O)N(C)Cc2ccon2)C3C1=O. The van der Waals surface area contributed by atoms with E-state index in [1.807, 2.05) is 17.1 Å². The maximum Gasteiger partial charge on any atom is 0.230 e. The normalized spacial score (nSPS) is 31.9. The molecule has 4 rings (SSSR count). The van der Waals surface area contributed by atoms with Crippen LogP contribution >= 0.6 is 0 Å². The van der Waals surface area contributed by atoms with Gasteiger partial charge in [-0.05, 0) is 12.3 Å². The summed E-state index contributed by atoms with van der Waals surface area (Å²) >= 11 is 0. The average Bonchev–Trinajstić information content (AvgIpc) is 3.35. The fourth-order valence-electron chi connectivity index (χ4n) is 4.36. The summed E-state index contributed by atoms with van der Waals surface area (Å²) < 4.78 is 11.0. The Labute approximate surface area is 152 Å². The highest BCUT2D eigenvalue weighted by Crippen LogP contribution is 2.52. The smallest absolute Gasteiger partial charge is 0.230 e. The molecule has 1 aromatic heterocycles. The van der Waals surface area contributed by atoms with E-state index in [0.717, 1.165) is 6.42 Å². The van der Waals surface area contributed by atoms with Gasteiger partial charge < -0.3 is 19.1 Å². The maximum absolute atomic E-state index is 13.1. The van der Waals surface area contributed by atoms with Crippen molar-refractivity contribution in [1.29, 1.82) is 0 Å². The first-order valence-corrected chi connectivity index (χ1v) is 9.21. The molecule has 4 heterocycles. The molecule has 7 nitrogen and oxygen atoms in total. The molecule has 0 aromatic carbocycles. The highest BCUT2D eigenvalue weighted by molar-refractivity contribution is 5.92. The van der Waals surface area contributed by atoms with Gasteiger partial charge in [-0.2, -0.15) is 0 Å². The van der Waals surface area contributed by atoms with Gasteiger partial charge in [0.2, 0.25) is 11.8 Å². The van der Waals surface area contributed by atoms with E-state index >= 15 is 0 Å². The highest BCUT2D eigenvalue weighted by Gasteiger charge is 2.66. The number of amides is 2. The third kappa shape index (κ3) is 2.65. The predicted octanol–water partition coefficient (Wildman–Crippen LogP) is 1.46. The Morgan fingerprint density at radius 2 is 2.31 bits per heavy atom. The number of carbonyl (C=O) groups excluding carboxylic acids is 2. The molecule has 1 spiro atoms. The van der Waals surface area contributed by atoms with Crippen LogP contribution in [0.4, 0.5) is 0 Å². The second kappa shape index (κ2) is 6.23. The van der Waals surface area contributed by atoms with Gasteiger partial charge in [0.25, 0.3) is 0 Å². The minimum atomic E-state index is -0.631. The van der Waals surface area contributed by atoms with Crippen LogP contribution in [0.1, 0.15) is 26.0 Å². The van der Waals surface area contributed by atoms with Crippen LogP contribution in [0.3, 0.4) is 0 Å². The van der Waals surface area contributed by atoms with Gasteiger partial charge >= 0.3 is 0 Å². The summed E-state index contributed by atoms with van der Waals surface area (Å²) in [4.78, 5) is 29.6. The summed E-state index contributed by atoms with van der Waals surface area (Å²) in [6.07, 6.45) is 6.06. The molecular formula is C19H25N3O4. The fourth-order valence-corrected chi connectivity index (χ4v) is 4.36. The molecule has 4 atom stereocenters. The summed E-state index contributed by atoms with van der Waals surface area (Å²) in [5.74, 6) is -0.385. The molecule has 2 bridgehead atoms. The standard InChI is InChI=1S/C19H25N3O4/c1-12(2)5-8-22-11-19-7-4-14(26-19)15(16(19)18(22)24)17(23)21(3)10-13-6-9-25-20-13/h4,6-7,9,12,14-16H,5,8,10-11H2,1-3H3/t14-,15?,16?,19-/m1/s1. The quantitative estimate of drug-likeness (QED) is 0.719. The molecule has 3 aliphatic rings. The molecule has 1 aromatic rings. The Morgan fingerprint density at radius 1 is 1.50 bits per heavy atom. The van der Waals surface area contributed by atoms with E-state index in [-0.39, 0.29) is 17.9 Å². The number of ether oxygens (including phenoxy) is 1. The van der Waals surface area contributed by atoms with E-state index in [4.69, 9.17) is 9.26 Å². The highest BCUT2D eigenvalue weighted by atomic mass is 16.5. The van der Waals surface area contributed by atoms with Crippen LogP contribution in [0.2, 0.25) is 0 Å². The summed E-state index contributed by atoms with van der Waals surface area (Å²) in [5, 5.41) is 3.86. The second-order valence-electron chi connectivity index (χ2n) is 8.03. The second-order valence-corrected chi connectivity index (χ2v) is 8.03. The Kier molecular flexibility index (Phi) is 4.14. The monoisotopic (exact) mass is 359 g/mol. The fraction of sp³-hybridized carbons (Fsp3) is 0.632. The van der Waals surface area contributed by atoms with Crippen molar-refractivity contribution in [3.63, 3.8) is 0 Å². The van der Waals surface area contributed by atoms with Gasteiger partial charge in [-0.15, -0.1) is 0 Å². The molecule has 2 amide bonds. The summed E-state index contributed by atoms with van der Waals surface area (Å²) in [6.45, 7) is 5.91. The molecule has 140 valence electrons. The lowest BCUT2D eigenvalue weighted by Crippen LogP contribution is -2.44. The van der Waals surface area contributed by atoms with Crippen LogP contribution in [-0.4, -0.2) is 58.6 Å². The predicted molar refractivity (Wildman–Crippen MR) is 92.7 cm³/mol. The molecule has 7 heteroatoms. The molecule has 0 saturated carbocycles. The third-order valence-electron chi connectivity index (χ3n) is 5.71. The maximum atomic E-state index is 13.1. The number of hydrogen-bond acceptors (Lipinski definition) is 5. The Morgan fingerprint density at radius 3 is 3.00 bits per heavy atom. The number of carbonyl (C=O) groups is 2. The summed E-state index contributed by atoms with van der Waals surface area (Å²) in [7, 11) is 1.73. The van der Waals surface area contributed by atoms with Gasteiger partial charge in [-0.25, -0.2) is 0 Å². The molecule has 2 saturated heterocycles. The van der Waals surface area contributed by atoms with Crippen molar-refractivity contribution in [1.82, 2.24) is 15.0 Å². The molecule has 2 fully saturated rings. The Balaban J connectivity index is 1.52. The van der Waals surface area contributed by atoms with Gasteiger partial charge in [0.05, 0.1) is 31.0 Å². The van der Waals surface area contributed by atoms with Gasteiger partial charge in [-0.1, -0.05) is 31.2 Å². The van der Waals surface area contributed by atoms with E-state index in [9.17, 15) is 9.59 Å². The zero-order valence-corrected chi connectivity index (χ0v) is 15.4. The first-order chi connectivity index (χ1) is 12.4. The van der Waals surface area contributed by atoms with Gasteiger partial charge in [0, 0.05) is 19.7 Å².